The number of carbonyl (C=O) groups excluding carboxylic acids is 1. The van der Waals surface area contributed by atoms with Crippen molar-refractivity contribution in [1.29, 1.82) is 0 Å². The van der Waals surface area contributed by atoms with Gasteiger partial charge in [0.1, 0.15) is 30.4 Å². The second-order valence-electron chi connectivity index (χ2n) is 10.5. The summed E-state index contributed by atoms with van der Waals surface area (Å²) in [6, 6.07) is 20.2. The summed E-state index contributed by atoms with van der Waals surface area (Å²) in [5, 5.41) is 1.90. The van der Waals surface area contributed by atoms with Crippen molar-refractivity contribution in [2.45, 2.75) is 53.6 Å². The van der Waals surface area contributed by atoms with Crippen LogP contribution in [0.25, 0.3) is 10.8 Å². The third kappa shape index (κ3) is 7.22. The largest absolute Gasteiger partial charge is 0.493 e. The van der Waals surface area contributed by atoms with Crippen LogP contribution in [0.5, 0.6) is 11.5 Å². The second kappa shape index (κ2) is 12.6. The van der Waals surface area contributed by atoms with E-state index in [0.717, 1.165) is 35.9 Å². The molecule has 0 spiro atoms. The number of Topliss-reactive ketones (excluding diaryl/α,β-unsaturated/α-hetero) is 1. The molecular weight excluding hydrogens is 460 g/mol. The first kappa shape index (κ1) is 26.5. The Hall–Kier alpha value is -3.60. The molecule has 0 aliphatic carbocycles. The van der Waals surface area contributed by atoms with Crippen molar-refractivity contribution in [1.82, 2.24) is 4.57 Å². The predicted molar refractivity (Wildman–Crippen MR) is 148 cm³/mol. The number of hydrogen-bond acceptors (Lipinski definition) is 3. The Balaban J connectivity index is 1.63. The number of benzene rings is 3. The standard InChI is InChI=1S/C32H39N2O3/c1-24(2)14-18-36-31-20-29(32(37-19-15-25(3)4)28-13-9-8-12-27(28)31)30(35)22-34-17-16-33(23-34)21-26-10-6-5-7-11-26/h5-13,16-17,20,23-25H,14-15,18-19,21-22H2,1-4H3/q+1. The van der Waals surface area contributed by atoms with E-state index in [-0.39, 0.29) is 12.3 Å². The first-order valence-electron chi connectivity index (χ1n) is 13.3. The number of ether oxygens (including phenoxy) is 2. The minimum absolute atomic E-state index is 0.00136. The summed E-state index contributed by atoms with van der Waals surface area (Å²) in [5.74, 6) is 2.46. The van der Waals surface area contributed by atoms with Gasteiger partial charge in [0.15, 0.2) is 6.54 Å². The average Bonchev–Trinajstić information content (AvgIpc) is 3.31. The molecule has 0 amide bonds. The Bertz CT molecular complexity index is 1310. The maximum atomic E-state index is 13.7. The van der Waals surface area contributed by atoms with Crippen LogP contribution in [-0.2, 0) is 13.1 Å². The highest BCUT2D eigenvalue weighted by Crippen LogP contribution is 2.38. The van der Waals surface area contributed by atoms with Gasteiger partial charge in [-0.05, 0) is 36.3 Å². The molecule has 3 aromatic carbocycles. The van der Waals surface area contributed by atoms with E-state index in [1.165, 1.54) is 5.56 Å². The summed E-state index contributed by atoms with van der Waals surface area (Å²) in [7, 11) is 0. The summed E-state index contributed by atoms with van der Waals surface area (Å²) in [5.41, 5.74) is 1.79. The minimum atomic E-state index is 0.00136. The molecule has 1 aromatic heterocycles. The average molecular weight is 500 g/mol. The molecule has 0 aliphatic rings. The lowest BCUT2D eigenvalue weighted by Crippen LogP contribution is -2.31. The Morgan fingerprint density at radius 1 is 0.865 bits per heavy atom. The van der Waals surface area contributed by atoms with Crippen LogP contribution >= 0.6 is 0 Å². The molecule has 0 N–H and O–H groups in total. The Morgan fingerprint density at radius 2 is 1.51 bits per heavy atom. The van der Waals surface area contributed by atoms with Crippen molar-refractivity contribution in [3.8, 4) is 11.5 Å². The lowest BCUT2D eigenvalue weighted by molar-refractivity contribution is -0.687. The summed E-state index contributed by atoms with van der Waals surface area (Å²) in [4.78, 5) is 13.7. The van der Waals surface area contributed by atoms with E-state index in [0.29, 0.717) is 36.4 Å². The van der Waals surface area contributed by atoms with Crippen molar-refractivity contribution >= 4 is 16.6 Å². The molecule has 4 rings (SSSR count). The molecule has 1 heterocycles. The Labute approximate surface area is 220 Å². The van der Waals surface area contributed by atoms with Crippen LogP contribution < -0.4 is 14.0 Å². The number of hydrogen-bond donors (Lipinski definition) is 0. The molecule has 194 valence electrons. The molecule has 5 heteroatoms. The first-order chi connectivity index (χ1) is 17.9. The van der Waals surface area contributed by atoms with Gasteiger partial charge in [0.2, 0.25) is 12.1 Å². The molecule has 4 aromatic rings. The molecular formula is C32H39N2O3+. The van der Waals surface area contributed by atoms with Gasteiger partial charge in [0.25, 0.3) is 0 Å². The molecule has 0 fully saturated rings. The van der Waals surface area contributed by atoms with Gasteiger partial charge in [0, 0.05) is 10.8 Å². The number of imidazole rings is 1. The van der Waals surface area contributed by atoms with Crippen LogP contribution in [0.15, 0.2) is 79.4 Å². The zero-order valence-corrected chi connectivity index (χ0v) is 22.5. The van der Waals surface area contributed by atoms with E-state index in [1.807, 2.05) is 71.8 Å². The summed E-state index contributed by atoms with van der Waals surface area (Å²) in [6.45, 7) is 10.9. The molecule has 0 bridgehead atoms. The SMILES string of the molecule is CC(C)CCOc1cc(C(=O)Cn2cc[n+](Cc3ccccc3)c2)c(OCCC(C)C)c2ccccc12. The van der Waals surface area contributed by atoms with E-state index in [9.17, 15) is 4.79 Å². The maximum Gasteiger partial charge on any atom is 0.244 e. The molecule has 0 saturated heterocycles. The molecule has 0 atom stereocenters. The minimum Gasteiger partial charge on any atom is -0.493 e. The molecule has 0 saturated carbocycles. The zero-order valence-electron chi connectivity index (χ0n) is 22.5. The quantitative estimate of drug-likeness (QED) is 0.152. The van der Waals surface area contributed by atoms with E-state index in [1.54, 1.807) is 0 Å². The van der Waals surface area contributed by atoms with E-state index in [2.05, 4.69) is 44.4 Å². The number of carbonyl (C=O) groups is 1. The van der Waals surface area contributed by atoms with Crippen LogP contribution in [0, 0.1) is 11.8 Å². The third-order valence-corrected chi connectivity index (χ3v) is 6.43. The van der Waals surface area contributed by atoms with Crippen molar-refractivity contribution in [2.75, 3.05) is 13.2 Å². The second-order valence-corrected chi connectivity index (χ2v) is 10.5. The normalized spacial score (nSPS) is 11.4. The lowest BCUT2D eigenvalue weighted by atomic mass is 10.0. The van der Waals surface area contributed by atoms with Crippen molar-refractivity contribution in [3.05, 3.63) is 90.5 Å². The van der Waals surface area contributed by atoms with Crippen molar-refractivity contribution < 1.29 is 18.8 Å². The Kier molecular flexibility index (Phi) is 8.99. The number of rotatable bonds is 13. The number of fused-ring (bicyclic) bond motifs is 1. The molecule has 37 heavy (non-hydrogen) atoms. The summed E-state index contributed by atoms with van der Waals surface area (Å²) < 4.78 is 16.5. The van der Waals surface area contributed by atoms with Crippen LogP contribution in [0.4, 0.5) is 0 Å². The van der Waals surface area contributed by atoms with E-state index < -0.39 is 0 Å². The fourth-order valence-corrected chi connectivity index (χ4v) is 4.27. The van der Waals surface area contributed by atoms with Gasteiger partial charge < -0.3 is 9.47 Å². The van der Waals surface area contributed by atoms with Crippen LogP contribution in [0.2, 0.25) is 0 Å². The van der Waals surface area contributed by atoms with Crippen LogP contribution in [-0.4, -0.2) is 23.6 Å². The molecule has 0 unspecified atom stereocenters. The van der Waals surface area contributed by atoms with Crippen molar-refractivity contribution in [2.24, 2.45) is 11.8 Å². The molecule has 0 radical (unpaired) electrons. The highest BCUT2D eigenvalue weighted by Gasteiger charge is 2.22. The van der Waals surface area contributed by atoms with Crippen molar-refractivity contribution in [3.63, 3.8) is 0 Å². The topological polar surface area (TPSA) is 44.3 Å². The van der Waals surface area contributed by atoms with Gasteiger partial charge in [-0.25, -0.2) is 9.13 Å². The summed E-state index contributed by atoms with van der Waals surface area (Å²) >= 11 is 0. The molecule has 5 nitrogen and oxygen atoms in total. The van der Waals surface area contributed by atoms with Gasteiger partial charge in [0.05, 0.1) is 18.8 Å². The first-order valence-corrected chi connectivity index (χ1v) is 13.3. The zero-order chi connectivity index (χ0) is 26.2. The fraction of sp³-hybridized carbons (Fsp3) is 0.375. The van der Waals surface area contributed by atoms with Gasteiger partial charge >= 0.3 is 0 Å². The van der Waals surface area contributed by atoms with Crippen LogP contribution in [0.1, 0.15) is 56.5 Å². The lowest BCUT2D eigenvalue weighted by Gasteiger charge is -2.18. The monoisotopic (exact) mass is 499 g/mol. The van der Waals surface area contributed by atoms with Gasteiger partial charge in [-0.1, -0.05) is 82.3 Å². The van der Waals surface area contributed by atoms with Gasteiger partial charge in [-0.15, -0.1) is 0 Å². The van der Waals surface area contributed by atoms with E-state index in [4.69, 9.17) is 9.47 Å². The number of aromatic nitrogens is 2. The van der Waals surface area contributed by atoms with E-state index >= 15 is 0 Å². The van der Waals surface area contributed by atoms with Gasteiger partial charge in [-0.3, -0.25) is 4.79 Å². The third-order valence-electron chi connectivity index (χ3n) is 6.43. The molecule has 0 aliphatic heterocycles. The smallest absolute Gasteiger partial charge is 0.244 e. The number of nitrogens with zero attached hydrogens (tertiary/aromatic N) is 2. The summed E-state index contributed by atoms with van der Waals surface area (Å²) in [6.07, 6.45) is 7.80. The Morgan fingerprint density at radius 3 is 2.22 bits per heavy atom. The highest BCUT2D eigenvalue weighted by molar-refractivity contribution is 6.07. The predicted octanol–water partition coefficient (Wildman–Crippen LogP) is 6.71. The number of ketones is 1. The van der Waals surface area contributed by atoms with Gasteiger partial charge in [-0.2, -0.15) is 0 Å². The highest BCUT2D eigenvalue weighted by atomic mass is 16.5. The maximum absolute atomic E-state index is 13.7. The fourth-order valence-electron chi connectivity index (χ4n) is 4.27. The van der Waals surface area contributed by atoms with Crippen LogP contribution in [0.3, 0.4) is 0 Å².